The Balaban J connectivity index is 1.44. The van der Waals surface area contributed by atoms with Crippen molar-refractivity contribution in [3.8, 4) is 0 Å². The molecule has 3 aromatic heterocycles. The SMILES string of the molecule is Cc1ccc(NCc2cnc3n2CCN(c2ccccn2)CC3)nn1. The van der Waals surface area contributed by atoms with Gasteiger partial charge < -0.3 is 14.8 Å². The fourth-order valence-electron chi connectivity index (χ4n) is 3.08. The Morgan fingerprint density at radius 1 is 1.04 bits per heavy atom. The van der Waals surface area contributed by atoms with Crippen molar-refractivity contribution < 1.29 is 0 Å². The second-order valence-electron chi connectivity index (χ2n) is 6.16. The highest BCUT2D eigenvalue weighted by Gasteiger charge is 2.18. The van der Waals surface area contributed by atoms with Crippen LogP contribution in [0.1, 0.15) is 17.2 Å². The first-order valence-electron chi connectivity index (χ1n) is 8.53. The van der Waals surface area contributed by atoms with Crippen molar-refractivity contribution in [1.82, 2.24) is 24.7 Å². The van der Waals surface area contributed by atoms with Crippen molar-refractivity contribution in [3.05, 3.63) is 59.9 Å². The fraction of sp³-hybridized carbons (Fsp3) is 0.333. The monoisotopic (exact) mass is 335 g/mol. The predicted molar refractivity (Wildman–Crippen MR) is 96.5 cm³/mol. The number of rotatable bonds is 4. The number of aryl methyl sites for hydroxylation is 1. The number of hydrogen-bond donors (Lipinski definition) is 1. The van der Waals surface area contributed by atoms with Crippen LogP contribution in [0.3, 0.4) is 0 Å². The van der Waals surface area contributed by atoms with Gasteiger partial charge >= 0.3 is 0 Å². The summed E-state index contributed by atoms with van der Waals surface area (Å²) in [4.78, 5) is 11.4. The maximum absolute atomic E-state index is 4.61. The molecular formula is C18H21N7. The number of nitrogens with zero attached hydrogens (tertiary/aromatic N) is 6. The second-order valence-corrected chi connectivity index (χ2v) is 6.16. The van der Waals surface area contributed by atoms with Gasteiger partial charge in [0.2, 0.25) is 0 Å². The molecule has 1 N–H and O–H groups in total. The largest absolute Gasteiger partial charge is 0.363 e. The Morgan fingerprint density at radius 2 is 2.00 bits per heavy atom. The lowest BCUT2D eigenvalue weighted by atomic mass is 10.3. The maximum Gasteiger partial charge on any atom is 0.148 e. The highest BCUT2D eigenvalue weighted by molar-refractivity contribution is 5.38. The molecule has 0 aromatic carbocycles. The summed E-state index contributed by atoms with van der Waals surface area (Å²) >= 11 is 0. The van der Waals surface area contributed by atoms with Gasteiger partial charge in [0.25, 0.3) is 0 Å². The number of aromatic nitrogens is 5. The van der Waals surface area contributed by atoms with Crippen LogP contribution in [0.25, 0.3) is 0 Å². The first-order chi connectivity index (χ1) is 12.3. The molecule has 0 spiro atoms. The van der Waals surface area contributed by atoms with Gasteiger partial charge in [0.05, 0.1) is 24.1 Å². The number of imidazole rings is 1. The summed E-state index contributed by atoms with van der Waals surface area (Å²) in [5, 5.41) is 11.6. The zero-order valence-corrected chi connectivity index (χ0v) is 14.3. The molecule has 1 aliphatic rings. The first kappa shape index (κ1) is 15.6. The van der Waals surface area contributed by atoms with Gasteiger partial charge in [-0.25, -0.2) is 9.97 Å². The van der Waals surface area contributed by atoms with Crippen LogP contribution in [0, 0.1) is 6.92 Å². The molecule has 7 heteroatoms. The van der Waals surface area contributed by atoms with Crippen molar-refractivity contribution in [3.63, 3.8) is 0 Å². The normalized spacial score (nSPS) is 14.0. The molecule has 0 saturated carbocycles. The zero-order chi connectivity index (χ0) is 17.1. The molecule has 0 saturated heterocycles. The molecular weight excluding hydrogens is 314 g/mol. The number of fused-ring (bicyclic) bond motifs is 1. The van der Waals surface area contributed by atoms with E-state index in [1.165, 1.54) is 5.69 Å². The van der Waals surface area contributed by atoms with Crippen LogP contribution in [-0.2, 0) is 19.5 Å². The molecule has 25 heavy (non-hydrogen) atoms. The molecule has 0 radical (unpaired) electrons. The van der Waals surface area contributed by atoms with E-state index in [1.54, 1.807) is 0 Å². The van der Waals surface area contributed by atoms with E-state index < -0.39 is 0 Å². The predicted octanol–water partition coefficient (Wildman–Crippen LogP) is 2.05. The minimum atomic E-state index is 0.689. The van der Waals surface area contributed by atoms with Crippen LogP contribution in [0.2, 0.25) is 0 Å². The Bertz CT molecular complexity index is 826. The molecule has 4 heterocycles. The second kappa shape index (κ2) is 6.88. The van der Waals surface area contributed by atoms with Gasteiger partial charge in [0.15, 0.2) is 0 Å². The third-order valence-electron chi connectivity index (χ3n) is 4.44. The Kier molecular flexibility index (Phi) is 4.28. The van der Waals surface area contributed by atoms with Crippen LogP contribution in [-0.4, -0.2) is 37.8 Å². The van der Waals surface area contributed by atoms with E-state index in [0.717, 1.165) is 49.2 Å². The molecule has 7 nitrogen and oxygen atoms in total. The van der Waals surface area contributed by atoms with E-state index in [4.69, 9.17) is 0 Å². The Morgan fingerprint density at radius 3 is 2.80 bits per heavy atom. The number of hydrogen-bond acceptors (Lipinski definition) is 6. The van der Waals surface area contributed by atoms with Crippen LogP contribution in [0.15, 0.2) is 42.7 Å². The molecule has 0 aliphatic carbocycles. The average molecular weight is 335 g/mol. The quantitative estimate of drug-likeness (QED) is 0.787. The van der Waals surface area contributed by atoms with Gasteiger partial charge in [-0.15, -0.1) is 5.10 Å². The standard InChI is InChI=1S/C18H21N7/c1-14-5-6-16(23-22-14)20-12-15-13-21-18-7-9-24(10-11-25(15)18)17-4-2-3-8-19-17/h2-6,8,13H,7,9-12H2,1H3,(H,20,23). The van der Waals surface area contributed by atoms with Crippen molar-refractivity contribution in [2.75, 3.05) is 23.3 Å². The van der Waals surface area contributed by atoms with Gasteiger partial charge in [-0.3, -0.25) is 0 Å². The van der Waals surface area contributed by atoms with Crippen molar-refractivity contribution >= 4 is 11.6 Å². The van der Waals surface area contributed by atoms with Gasteiger partial charge in [-0.2, -0.15) is 5.10 Å². The number of pyridine rings is 1. The summed E-state index contributed by atoms with van der Waals surface area (Å²) in [6.45, 7) is 5.39. The molecule has 0 amide bonds. The molecule has 0 fully saturated rings. The molecule has 4 rings (SSSR count). The third-order valence-corrected chi connectivity index (χ3v) is 4.44. The highest BCUT2D eigenvalue weighted by atomic mass is 15.2. The van der Waals surface area contributed by atoms with E-state index in [9.17, 15) is 0 Å². The average Bonchev–Trinajstić information content (AvgIpc) is 2.91. The van der Waals surface area contributed by atoms with Crippen LogP contribution in [0.5, 0.6) is 0 Å². The highest BCUT2D eigenvalue weighted by Crippen LogP contribution is 2.17. The van der Waals surface area contributed by atoms with E-state index in [0.29, 0.717) is 6.54 Å². The summed E-state index contributed by atoms with van der Waals surface area (Å²) in [5.74, 6) is 2.94. The number of anilines is 2. The lowest BCUT2D eigenvalue weighted by Crippen LogP contribution is -2.27. The summed E-state index contributed by atoms with van der Waals surface area (Å²) in [6.07, 6.45) is 4.72. The van der Waals surface area contributed by atoms with Crippen molar-refractivity contribution in [2.24, 2.45) is 0 Å². The molecule has 128 valence electrons. The summed E-state index contributed by atoms with van der Waals surface area (Å²) in [6, 6.07) is 9.95. The van der Waals surface area contributed by atoms with E-state index in [-0.39, 0.29) is 0 Å². The molecule has 3 aromatic rings. The zero-order valence-electron chi connectivity index (χ0n) is 14.3. The minimum absolute atomic E-state index is 0.689. The lowest BCUT2D eigenvalue weighted by Gasteiger charge is -2.21. The number of nitrogens with one attached hydrogen (secondary N) is 1. The van der Waals surface area contributed by atoms with Crippen molar-refractivity contribution in [1.29, 1.82) is 0 Å². The van der Waals surface area contributed by atoms with Gasteiger partial charge in [-0.05, 0) is 31.2 Å². The minimum Gasteiger partial charge on any atom is -0.363 e. The van der Waals surface area contributed by atoms with E-state index >= 15 is 0 Å². The molecule has 1 aliphatic heterocycles. The lowest BCUT2D eigenvalue weighted by molar-refractivity contribution is 0.658. The van der Waals surface area contributed by atoms with Gasteiger partial charge in [0, 0.05) is 32.3 Å². The van der Waals surface area contributed by atoms with Gasteiger partial charge in [-0.1, -0.05) is 6.07 Å². The fourth-order valence-corrected chi connectivity index (χ4v) is 3.08. The maximum atomic E-state index is 4.61. The Hall–Kier alpha value is -2.96. The first-order valence-corrected chi connectivity index (χ1v) is 8.53. The van der Waals surface area contributed by atoms with E-state index in [2.05, 4.69) is 41.0 Å². The smallest absolute Gasteiger partial charge is 0.148 e. The van der Waals surface area contributed by atoms with Crippen LogP contribution < -0.4 is 10.2 Å². The van der Waals surface area contributed by atoms with E-state index in [1.807, 2.05) is 43.6 Å². The van der Waals surface area contributed by atoms with Crippen molar-refractivity contribution in [2.45, 2.75) is 26.4 Å². The third kappa shape index (κ3) is 3.45. The summed E-state index contributed by atoms with van der Waals surface area (Å²) in [5.41, 5.74) is 2.08. The van der Waals surface area contributed by atoms with Gasteiger partial charge in [0.1, 0.15) is 17.5 Å². The molecule has 0 unspecified atom stereocenters. The summed E-state index contributed by atoms with van der Waals surface area (Å²) in [7, 11) is 0. The molecule has 0 bridgehead atoms. The van der Waals surface area contributed by atoms with Crippen LogP contribution in [0.4, 0.5) is 11.6 Å². The summed E-state index contributed by atoms with van der Waals surface area (Å²) < 4.78 is 2.30. The van der Waals surface area contributed by atoms with Crippen LogP contribution >= 0.6 is 0 Å². The Labute approximate surface area is 146 Å². The molecule has 0 atom stereocenters. The topological polar surface area (TPSA) is 71.8 Å².